The SMILES string of the molecule is C[C@H]1C[C@@H](C(=O)NCc2ccccc2OCC(F)(F)F)CCN1.Cl. The van der Waals surface area contributed by atoms with Crippen molar-refractivity contribution in [1.29, 1.82) is 0 Å². The first-order valence-corrected chi connectivity index (χ1v) is 7.63. The summed E-state index contributed by atoms with van der Waals surface area (Å²) in [6.07, 6.45) is -2.86. The second-order valence-electron chi connectivity index (χ2n) is 5.81. The number of hydrogen-bond acceptors (Lipinski definition) is 3. The Kier molecular flexibility index (Phi) is 7.83. The van der Waals surface area contributed by atoms with Crippen LogP contribution in [-0.2, 0) is 11.3 Å². The predicted molar refractivity (Wildman–Crippen MR) is 87.3 cm³/mol. The Balaban J connectivity index is 0.00000288. The molecule has 0 unspecified atom stereocenters. The van der Waals surface area contributed by atoms with E-state index in [-0.39, 0.29) is 36.5 Å². The number of alkyl halides is 3. The Morgan fingerprint density at radius 1 is 1.38 bits per heavy atom. The number of benzene rings is 1. The van der Waals surface area contributed by atoms with Gasteiger partial charge >= 0.3 is 6.18 Å². The molecule has 1 aromatic rings. The lowest BCUT2D eigenvalue weighted by Crippen LogP contribution is -2.42. The summed E-state index contributed by atoms with van der Waals surface area (Å²) in [7, 11) is 0. The van der Waals surface area contributed by atoms with E-state index in [2.05, 4.69) is 10.6 Å². The highest BCUT2D eigenvalue weighted by molar-refractivity contribution is 5.85. The van der Waals surface area contributed by atoms with Crippen LogP contribution in [0.4, 0.5) is 13.2 Å². The van der Waals surface area contributed by atoms with Crippen molar-refractivity contribution in [2.45, 2.75) is 38.5 Å². The zero-order valence-corrected chi connectivity index (χ0v) is 14.2. The summed E-state index contributed by atoms with van der Waals surface area (Å²) < 4.78 is 41.6. The molecule has 0 saturated carbocycles. The third-order valence-corrected chi connectivity index (χ3v) is 3.81. The number of para-hydroxylation sites is 1. The number of carbonyl (C=O) groups is 1. The molecule has 136 valence electrons. The van der Waals surface area contributed by atoms with E-state index in [0.717, 1.165) is 19.4 Å². The van der Waals surface area contributed by atoms with Crippen molar-refractivity contribution in [2.24, 2.45) is 5.92 Å². The van der Waals surface area contributed by atoms with Gasteiger partial charge in [0.25, 0.3) is 0 Å². The molecule has 2 rings (SSSR count). The zero-order valence-electron chi connectivity index (χ0n) is 13.4. The lowest BCUT2D eigenvalue weighted by molar-refractivity contribution is -0.153. The van der Waals surface area contributed by atoms with E-state index in [0.29, 0.717) is 11.6 Å². The average molecular weight is 367 g/mol. The van der Waals surface area contributed by atoms with Crippen LogP contribution in [0.1, 0.15) is 25.3 Å². The van der Waals surface area contributed by atoms with Crippen LogP contribution in [0.15, 0.2) is 24.3 Å². The lowest BCUT2D eigenvalue weighted by atomic mass is 9.92. The number of hydrogen-bond donors (Lipinski definition) is 2. The molecule has 0 aromatic heterocycles. The van der Waals surface area contributed by atoms with Crippen LogP contribution in [0, 0.1) is 5.92 Å². The van der Waals surface area contributed by atoms with Crippen LogP contribution in [0.5, 0.6) is 5.75 Å². The third kappa shape index (κ3) is 6.57. The van der Waals surface area contributed by atoms with Gasteiger partial charge in [-0.1, -0.05) is 18.2 Å². The number of ether oxygens (including phenoxy) is 1. The summed E-state index contributed by atoms with van der Waals surface area (Å²) in [6.45, 7) is 1.64. The van der Waals surface area contributed by atoms with Crippen molar-refractivity contribution in [3.63, 3.8) is 0 Å². The maximum atomic E-state index is 12.3. The van der Waals surface area contributed by atoms with Crippen molar-refractivity contribution in [2.75, 3.05) is 13.2 Å². The molecule has 0 aliphatic carbocycles. The largest absolute Gasteiger partial charge is 0.484 e. The molecule has 4 nitrogen and oxygen atoms in total. The standard InChI is InChI=1S/C16H21F3N2O2.ClH/c1-11-8-12(6-7-20-11)15(22)21-9-13-4-2-3-5-14(13)23-10-16(17,18)19;/h2-5,11-12,20H,6-10H2,1H3,(H,21,22);1H/t11-,12-;/m0./s1. The van der Waals surface area contributed by atoms with Crippen LogP contribution in [-0.4, -0.2) is 31.3 Å². The summed E-state index contributed by atoms with van der Waals surface area (Å²) in [4.78, 5) is 12.2. The molecule has 1 heterocycles. The number of rotatable bonds is 5. The van der Waals surface area contributed by atoms with Gasteiger partial charge in [0.15, 0.2) is 6.61 Å². The fourth-order valence-corrected chi connectivity index (χ4v) is 2.65. The van der Waals surface area contributed by atoms with E-state index >= 15 is 0 Å². The topological polar surface area (TPSA) is 50.4 Å². The Hall–Kier alpha value is -1.47. The van der Waals surface area contributed by atoms with Crippen LogP contribution in [0.25, 0.3) is 0 Å². The molecule has 0 radical (unpaired) electrons. The van der Waals surface area contributed by atoms with Crippen molar-refractivity contribution in [3.8, 4) is 5.75 Å². The monoisotopic (exact) mass is 366 g/mol. The van der Waals surface area contributed by atoms with Crippen LogP contribution in [0.3, 0.4) is 0 Å². The van der Waals surface area contributed by atoms with E-state index in [4.69, 9.17) is 4.74 Å². The molecule has 1 fully saturated rings. The van der Waals surface area contributed by atoms with E-state index in [9.17, 15) is 18.0 Å². The van der Waals surface area contributed by atoms with E-state index in [1.807, 2.05) is 6.92 Å². The number of nitrogens with one attached hydrogen (secondary N) is 2. The minimum atomic E-state index is -4.39. The Bertz CT molecular complexity index is 540. The first-order chi connectivity index (χ1) is 10.8. The molecular formula is C16H22ClF3N2O2. The smallest absolute Gasteiger partial charge is 0.422 e. The third-order valence-electron chi connectivity index (χ3n) is 3.81. The minimum absolute atomic E-state index is 0. The highest BCUT2D eigenvalue weighted by atomic mass is 35.5. The highest BCUT2D eigenvalue weighted by Gasteiger charge is 2.29. The van der Waals surface area contributed by atoms with Crippen molar-refractivity contribution in [1.82, 2.24) is 10.6 Å². The summed E-state index contributed by atoms with van der Waals surface area (Å²) >= 11 is 0. The van der Waals surface area contributed by atoms with Gasteiger partial charge in [0.1, 0.15) is 5.75 Å². The summed E-state index contributed by atoms with van der Waals surface area (Å²) in [5.41, 5.74) is 0.534. The quantitative estimate of drug-likeness (QED) is 0.842. The fourth-order valence-electron chi connectivity index (χ4n) is 2.65. The fraction of sp³-hybridized carbons (Fsp3) is 0.562. The zero-order chi connectivity index (χ0) is 16.9. The van der Waals surface area contributed by atoms with Crippen molar-refractivity contribution in [3.05, 3.63) is 29.8 Å². The molecular weight excluding hydrogens is 345 g/mol. The van der Waals surface area contributed by atoms with Gasteiger partial charge in [-0.2, -0.15) is 13.2 Å². The number of amides is 1. The Morgan fingerprint density at radius 2 is 2.08 bits per heavy atom. The van der Waals surface area contributed by atoms with Gasteiger partial charge in [-0.05, 0) is 32.4 Å². The molecule has 0 bridgehead atoms. The van der Waals surface area contributed by atoms with Gasteiger partial charge < -0.3 is 15.4 Å². The molecule has 24 heavy (non-hydrogen) atoms. The van der Waals surface area contributed by atoms with Gasteiger partial charge in [0.05, 0.1) is 0 Å². The highest BCUT2D eigenvalue weighted by Crippen LogP contribution is 2.22. The van der Waals surface area contributed by atoms with E-state index in [1.165, 1.54) is 6.07 Å². The first-order valence-electron chi connectivity index (χ1n) is 7.63. The van der Waals surface area contributed by atoms with Crippen molar-refractivity contribution < 1.29 is 22.7 Å². The molecule has 1 amide bonds. The van der Waals surface area contributed by atoms with Gasteiger partial charge in [0, 0.05) is 24.1 Å². The molecule has 1 saturated heterocycles. The van der Waals surface area contributed by atoms with Crippen LogP contribution < -0.4 is 15.4 Å². The van der Waals surface area contributed by atoms with Crippen LogP contribution in [0.2, 0.25) is 0 Å². The van der Waals surface area contributed by atoms with Gasteiger partial charge in [-0.3, -0.25) is 4.79 Å². The number of carbonyl (C=O) groups excluding carboxylic acids is 1. The lowest BCUT2D eigenvalue weighted by Gasteiger charge is -2.27. The predicted octanol–water partition coefficient (Wildman–Crippen LogP) is 3.05. The molecule has 2 atom stereocenters. The molecule has 1 aromatic carbocycles. The molecule has 2 N–H and O–H groups in total. The second-order valence-corrected chi connectivity index (χ2v) is 5.81. The molecule has 1 aliphatic heterocycles. The van der Waals surface area contributed by atoms with Crippen molar-refractivity contribution >= 4 is 18.3 Å². The Labute approximate surface area is 145 Å². The molecule has 8 heteroatoms. The van der Waals surface area contributed by atoms with Gasteiger partial charge in [-0.15, -0.1) is 12.4 Å². The first kappa shape index (κ1) is 20.6. The minimum Gasteiger partial charge on any atom is -0.484 e. The van der Waals surface area contributed by atoms with Crippen LogP contribution >= 0.6 is 12.4 Å². The van der Waals surface area contributed by atoms with E-state index < -0.39 is 12.8 Å². The summed E-state index contributed by atoms with van der Waals surface area (Å²) in [6, 6.07) is 6.72. The summed E-state index contributed by atoms with van der Waals surface area (Å²) in [5.74, 6) is 0.0160. The maximum absolute atomic E-state index is 12.3. The van der Waals surface area contributed by atoms with E-state index in [1.54, 1.807) is 18.2 Å². The molecule has 0 spiro atoms. The number of piperidine rings is 1. The normalized spacial score (nSPS) is 20.8. The second kappa shape index (κ2) is 9.13. The number of halogens is 4. The summed E-state index contributed by atoms with van der Waals surface area (Å²) in [5, 5.41) is 6.07. The molecule has 1 aliphatic rings. The van der Waals surface area contributed by atoms with Gasteiger partial charge in [0.2, 0.25) is 5.91 Å². The Morgan fingerprint density at radius 3 is 2.75 bits per heavy atom. The van der Waals surface area contributed by atoms with Gasteiger partial charge in [-0.25, -0.2) is 0 Å². The average Bonchev–Trinajstić information content (AvgIpc) is 2.50. The maximum Gasteiger partial charge on any atom is 0.422 e.